The summed E-state index contributed by atoms with van der Waals surface area (Å²) in [4.78, 5) is 20.4. The van der Waals surface area contributed by atoms with Crippen LogP contribution in [0.5, 0.6) is 0 Å². The molecule has 21 heavy (non-hydrogen) atoms. The zero-order chi connectivity index (χ0) is 15.6. The number of hydrogen-bond donors (Lipinski definition) is 1. The SMILES string of the molecule is CC(C)n1cnc2cc(C(=O)NCCS(C)(=O)=O)cnc21. The maximum atomic E-state index is 11.9. The molecule has 7 nitrogen and oxygen atoms in total. The van der Waals surface area contributed by atoms with Crippen molar-refractivity contribution < 1.29 is 13.2 Å². The lowest BCUT2D eigenvalue weighted by Crippen LogP contribution is -2.28. The van der Waals surface area contributed by atoms with E-state index in [1.165, 1.54) is 6.20 Å². The number of imidazole rings is 1. The summed E-state index contributed by atoms with van der Waals surface area (Å²) in [6.07, 6.45) is 4.29. The van der Waals surface area contributed by atoms with Gasteiger partial charge in [-0.1, -0.05) is 0 Å². The molecule has 0 fully saturated rings. The molecule has 1 amide bonds. The Labute approximate surface area is 123 Å². The molecule has 0 saturated carbocycles. The Hall–Kier alpha value is -1.96. The number of pyridine rings is 1. The minimum absolute atomic E-state index is 0.0795. The lowest BCUT2D eigenvalue weighted by atomic mass is 10.2. The molecule has 2 rings (SSSR count). The van der Waals surface area contributed by atoms with Gasteiger partial charge in [0.15, 0.2) is 5.65 Å². The second-order valence-electron chi connectivity index (χ2n) is 5.20. The predicted molar refractivity (Wildman–Crippen MR) is 80.0 cm³/mol. The van der Waals surface area contributed by atoms with Crippen LogP contribution in [0.4, 0.5) is 0 Å². The summed E-state index contributed by atoms with van der Waals surface area (Å²) in [6.45, 7) is 4.12. The molecule has 0 aromatic carbocycles. The Morgan fingerprint density at radius 2 is 2.10 bits per heavy atom. The van der Waals surface area contributed by atoms with E-state index < -0.39 is 9.84 Å². The molecule has 0 bridgehead atoms. The minimum Gasteiger partial charge on any atom is -0.351 e. The zero-order valence-corrected chi connectivity index (χ0v) is 13.0. The Morgan fingerprint density at radius 1 is 1.38 bits per heavy atom. The number of hydrogen-bond acceptors (Lipinski definition) is 5. The van der Waals surface area contributed by atoms with Crippen LogP contribution in [0.25, 0.3) is 11.2 Å². The molecule has 2 heterocycles. The summed E-state index contributed by atoms with van der Waals surface area (Å²) in [5.74, 6) is -0.441. The maximum Gasteiger partial charge on any atom is 0.252 e. The molecule has 8 heteroatoms. The van der Waals surface area contributed by atoms with Crippen molar-refractivity contribution in [2.24, 2.45) is 0 Å². The van der Waals surface area contributed by atoms with Gasteiger partial charge >= 0.3 is 0 Å². The Bertz CT molecular complexity index is 765. The van der Waals surface area contributed by atoms with E-state index in [1.807, 2.05) is 18.4 Å². The van der Waals surface area contributed by atoms with Crippen molar-refractivity contribution >= 4 is 26.9 Å². The molecule has 1 N–H and O–H groups in total. The number of rotatable bonds is 5. The largest absolute Gasteiger partial charge is 0.351 e. The molecule has 2 aromatic heterocycles. The van der Waals surface area contributed by atoms with Gasteiger partial charge in [0, 0.05) is 25.0 Å². The van der Waals surface area contributed by atoms with Crippen molar-refractivity contribution in [3.63, 3.8) is 0 Å². The fourth-order valence-corrected chi connectivity index (χ4v) is 2.35. The van der Waals surface area contributed by atoms with Gasteiger partial charge in [-0.3, -0.25) is 4.79 Å². The first-order valence-corrected chi connectivity index (χ1v) is 8.62. The summed E-state index contributed by atoms with van der Waals surface area (Å²) in [5.41, 5.74) is 1.72. The van der Waals surface area contributed by atoms with Crippen LogP contribution in [0.1, 0.15) is 30.2 Å². The maximum absolute atomic E-state index is 11.9. The van der Waals surface area contributed by atoms with Gasteiger partial charge in [0.05, 0.1) is 17.6 Å². The number of carbonyl (C=O) groups is 1. The highest BCUT2D eigenvalue weighted by atomic mass is 32.2. The Balaban J connectivity index is 2.14. The second kappa shape index (κ2) is 5.80. The molecule has 2 aromatic rings. The molecule has 114 valence electrons. The summed E-state index contributed by atoms with van der Waals surface area (Å²) in [7, 11) is -3.09. The van der Waals surface area contributed by atoms with E-state index in [0.29, 0.717) is 11.1 Å². The molecule has 0 aliphatic carbocycles. The van der Waals surface area contributed by atoms with Crippen molar-refractivity contribution in [1.29, 1.82) is 0 Å². The summed E-state index contributed by atoms with van der Waals surface area (Å²) in [5, 5.41) is 2.56. The van der Waals surface area contributed by atoms with Crippen LogP contribution in [0, 0.1) is 0 Å². The standard InChI is InChI=1S/C13H18N4O3S/c1-9(2)17-8-16-11-6-10(7-15-12(11)17)13(18)14-4-5-21(3,19)20/h6-9H,4-5H2,1-3H3,(H,14,18). The van der Waals surface area contributed by atoms with Gasteiger partial charge < -0.3 is 9.88 Å². The fourth-order valence-electron chi connectivity index (χ4n) is 1.87. The van der Waals surface area contributed by atoms with E-state index in [1.54, 1.807) is 12.4 Å². The van der Waals surface area contributed by atoms with Crippen LogP contribution in [0.2, 0.25) is 0 Å². The van der Waals surface area contributed by atoms with Crippen molar-refractivity contribution in [2.75, 3.05) is 18.6 Å². The third-order valence-corrected chi connectivity index (χ3v) is 3.94. The molecule has 0 saturated heterocycles. The van der Waals surface area contributed by atoms with Crippen molar-refractivity contribution in [1.82, 2.24) is 19.9 Å². The van der Waals surface area contributed by atoms with E-state index in [-0.39, 0.29) is 24.2 Å². The monoisotopic (exact) mass is 310 g/mol. The van der Waals surface area contributed by atoms with Gasteiger partial charge in [0.1, 0.15) is 15.4 Å². The van der Waals surface area contributed by atoms with Gasteiger partial charge in [-0.2, -0.15) is 0 Å². The molecule has 0 aliphatic rings. The molecular weight excluding hydrogens is 292 g/mol. The number of nitrogens with zero attached hydrogens (tertiary/aromatic N) is 3. The van der Waals surface area contributed by atoms with Crippen LogP contribution in [0.3, 0.4) is 0 Å². The van der Waals surface area contributed by atoms with Crippen molar-refractivity contribution in [3.8, 4) is 0 Å². The summed E-state index contributed by atoms with van der Waals surface area (Å²) >= 11 is 0. The quantitative estimate of drug-likeness (QED) is 0.881. The van der Waals surface area contributed by atoms with Crippen LogP contribution in [-0.4, -0.2) is 47.4 Å². The first-order chi connectivity index (χ1) is 9.78. The molecular formula is C13H18N4O3S. The predicted octanol–water partition coefficient (Wildman–Crippen LogP) is 0.787. The zero-order valence-electron chi connectivity index (χ0n) is 12.2. The van der Waals surface area contributed by atoms with Gasteiger partial charge in [-0.05, 0) is 19.9 Å². The summed E-state index contributed by atoms with van der Waals surface area (Å²) < 4.78 is 23.9. The van der Waals surface area contributed by atoms with Crippen LogP contribution in [0.15, 0.2) is 18.6 Å². The number of aromatic nitrogens is 3. The van der Waals surface area contributed by atoms with Crippen LogP contribution in [-0.2, 0) is 9.84 Å². The first-order valence-electron chi connectivity index (χ1n) is 6.56. The Morgan fingerprint density at radius 3 is 2.71 bits per heavy atom. The average Bonchev–Trinajstić information content (AvgIpc) is 2.79. The number of carbonyl (C=O) groups excluding carboxylic acids is 1. The van der Waals surface area contributed by atoms with Gasteiger partial charge in [0.25, 0.3) is 5.91 Å². The number of fused-ring (bicyclic) bond motifs is 1. The van der Waals surface area contributed by atoms with Crippen LogP contribution >= 0.6 is 0 Å². The van der Waals surface area contributed by atoms with E-state index in [4.69, 9.17) is 0 Å². The van der Waals surface area contributed by atoms with E-state index in [9.17, 15) is 13.2 Å². The highest BCUT2D eigenvalue weighted by Gasteiger charge is 2.12. The molecule has 0 spiro atoms. The third-order valence-electron chi connectivity index (χ3n) is 2.99. The average molecular weight is 310 g/mol. The topological polar surface area (TPSA) is 94.0 Å². The first kappa shape index (κ1) is 15.4. The molecule has 0 atom stereocenters. The third kappa shape index (κ3) is 3.78. The fraction of sp³-hybridized carbons (Fsp3) is 0.462. The summed E-state index contributed by atoms with van der Waals surface area (Å²) in [6, 6.07) is 1.88. The van der Waals surface area contributed by atoms with E-state index in [2.05, 4.69) is 15.3 Å². The second-order valence-corrected chi connectivity index (χ2v) is 7.46. The number of amides is 1. The number of nitrogens with one attached hydrogen (secondary N) is 1. The molecule has 0 unspecified atom stereocenters. The molecule has 0 radical (unpaired) electrons. The molecule has 0 aliphatic heterocycles. The van der Waals surface area contributed by atoms with Crippen LogP contribution < -0.4 is 5.32 Å². The lowest BCUT2D eigenvalue weighted by molar-refractivity contribution is 0.0956. The highest BCUT2D eigenvalue weighted by molar-refractivity contribution is 7.90. The van der Waals surface area contributed by atoms with Crippen molar-refractivity contribution in [2.45, 2.75) is 19.9 Å². The highest BCUT2D eigenvalue weighted by Crippen LogP contribution is 2.16. The van der Waals surface area contributed by atoms with Crippen molar-refractivity contribution in [3.05, 3.63) is 24.2 Å². The van der Waals surface area contributed by atoms with Gasteiger partial charge in [-0.15, -0.1) is 0 Å². The lowest BCUT2D eigenvalue weighted by Gasteiger charge is -2.07. The normalized spacial score (nSPS) is 12.0. The van der Waals surface area contributed by atoms with E-state index in [0.717, 1.165) is 11.9 Å². The Kier molecular flexibility index (Phi) is 4.26. The minimum atomic E-state index is -3.09. The van der Waals surface area contributed by atoms with E-state index >= 15 is 0 Å². The smallest absolute Gasteiger partial charge is 0.252 e. The van der Waals surface area contributed by atoms with Gasteiger partial charge in [-0.25, -0.2) is 18.4 Å². The number of sulfone groups is 1. The van der Waals surface area contributed by atoms with Gasteiger partial charge in [0.2, 0.25) is 0 Å².